The molecule has 2 nitrogen and oxygen atoms in total. The normalized spacial score (nSPS) is 18.0. The van der Waals surface area contributed by atoms with Crippen LogP contribution >= 0.6 is 0 Å². The Bertz CT molecular complexity index is 1140. The summed E-state index contributed by atoms with van der Waals surface area (Å²) in [5.41, 5.74) is -0.458. The second kappa shape index (κ2) is 11.2. The van der Waals surface area contributed by atoms with Crippen molar-refractivity contribution >= 4 is 0 Å². The number of halogens is 6. The molecule has 198 valence electrons. The van der Waals surface area contributed by atoms with Crippen molar-refractivity contribution in [2.24, 2.45) is 0 Å². The minimum atomic E-state index is -4.87. The molecule has 2 atom stereocenters. The largest absolute Gasteiger partial charge is 0.496 e. The summed E-state index contributed by atoms with van der Waals surface area (Å²) in [4.78, 5) is 2.29. The van der Waals surface area contributed by atoms with E-state index in [1.807, 2.05) is 42.5 Å². The maximum absolute atomic E-state index is 13.4. The van der Waals surface area contributed by atoms with Gasteiger partial charge in [-0.15, -0.1) is 0 Å². The molecule has 0 aliphatic carbocycles. The smallest absolute Gasteiger partial charge is 0.416 e. The van der Waals surface area contributed by atoms with Crippen LogP contribution in [0.15, 0.2) is 72.8 Å². The number of piperidine rings is 1. The maximum Gasteiger partial charge on any atom is 0.416 e. The molecule has 1 fully saturated rings. The van der Waals surface area contributed by atoms with Gasteiger partial charge < -0.3 is 4.74 Å². The fourth-order valence-electron chi connectivity index (χ4n) is 5.23. The number of nitrogens with zero attached hydrogens (tertiary/aromatic N) is 1. The molecule has 0 spiro atoms. The molecule has 1 aliphatic rings. The van der Waals surface area contributed by atoms with E-state index in [0.717, 1.165) is 43.6 Å². The lowest BCUT2D eigenvalue weighted by Crippen LogP contribution is -2.37. The summed E-state index contributed by atoms with van der Waals surface area (Å²) in [5, 5.41) is 0. The van der Waals surface area contributed by atoms with Crippen molar-refractivity contribution in [3.8, 4) is 5.75 Å². The average molecular weight is 522 g/mol. The average Bonchev–Trinajstić information content (AvgIpc) is 2.88. The zero-order valence-electron chi connectivity index (χ0n) is 20.4. The van der Waals surface area contributed by atoms with Crippen molar-refractivity contribution in [1.82, 2.24) is 4.90 Å². The summed E-state index contributed by atoms with van der Waals surface area (Å²) in [6, 6.07) is 19.2. The molecule has 1 aliphatic heterocycles. The topological polar surface area (TPSA) is 12.5 Å². The lowest BCUT2D eigenvalue weighted by molar-refractivity contribution is -0.143. The Hall–Kier alpha value is -3.00. The van der Waals surface area contributed by atoms with Gasteiger partial charge in [0.25, 0.3) is 0 Å². The van der Waals surface area contributed by atoms with Crippen LogP contribution in [-0.2, 0) is 18.8 Å². The molecule has 0 saturated carbocycles. The van der Waals surface area contributed by atoms with Crippen LogP contribution in [0.1, 0.15) is 59.0 Å². The van der Waals surface area contributed by atoms with E-state index in [9.17, 15) is 26.3 Å². The van der Waals surface area contributed by atoms with Gasteiger partial charge in [0.05, 0.1) is 18.2 Å². The standard InChI is InChI=1S/C29H29F6NO/c1-37-27-12-6-5-11-25(27)26(36-15-7-10-22(19-36)21-8-3-2-4-9-21)14-13-20-16-23(28(30,31)32)18-24(17-20)29(33,34)35/h2-6,8-9,11-12,16-18,22,26H,7,10,13-15,19H2,1H3. The minimum Gasteiger partial charge on any atom is -0.496 e. The number of alkyl halides is 6. The zero-order valence-corrected chi connectivity index (χ0v) is 20.4. The highest BCUT2D eigenvalue weighted by atomic mass is 19.4. The summed E-state index contributed by atoms with van der Waals surface area (Å²) >= 11 is 0. The number of benzene rings is 3. The molecule has 4 rings (SSSR count). The first-order valence-electron chi connectivity index (χ1n) is 12.3. The Kier molecular flexibility index (Phi) is 8.17. The number of para-hydroxylation sites is 1. The summed E-state index contributed by atoms with van der Waals surface area (Å²) < 4.78 is 86.0. The van der Waals surface area contributed by atoms with Crippen molar-refractivity contribution in [2.45, 2.75) is 50.0 Å². The van der Waals surface area contributed by atoms with E-state index in [-0.39, 0.29) is 30.0 Å². The summed E-state index contributed by atoms with van der Waals surface area (Å²) in [5.74, 6) is 0.937. The van der Waals surface area contributed by atoms with Crippen LogP contribution in [0.25, 0.3) is 0 Å². The summed E-state index contributed by atoms with van der Waals surface area (Å²) in [6.07, 6.45) is -7.38. The number of aryl methyl sites for hydroxylation is 1. The van der Waals surface area contributed by atoms with Crippen LogP contribution in [0.5, 0.6) is 5.75 Å². The molecule has 2 unspecified atom stereocenters. The number of likely N-dealkylation sites (tertiary alicyclic amines) is 1. The third kappa shape index (κ3) is 6.66. The predicted octanol–water partition coefficient (Wildman–Crippen LogP) is 8.29. The molecule has 0 aromatic heterocycles. The second-order valence-corrected chi connectivity index (χ2v) is 9.46. The van der Waals surface area contributed by atoms with Crippen LogP contribution in [0.4, 0.5) is 26.3 Å². The number of methoxy groups -OCH3 is 1. The first kappa shape index (κ1) is 27.0. The van der Waals surface area contributed by atoms with Crippen LogP contribution < -0.4 is 4.74 Å². The molecule has 3 aromatic rings. The third-order valence-electron chi connectivity index (χ3n) is 7.02. The second-order valence-electron chi connectivity index (χ2n) is 9.46. The number of hydrogen-bond donors (Lipinski definition) is 0. The van der Waals surface area contributed by atoms with Gasteiger partial charge in [-0.1, -0.05) is 48.5 Å². The van der Waals surface area contributed by atoms with Gasteiger partial charge in [0, 0.05) is 18.2 Å². The fraction of sp³-hybridized carbons (Fsp3) is 0.379. The van der Waals surface area contributed by atoms with Crippen LogP contribution in [0.3, 0.4) is 0 Å². The quantitative estimate of drug-likeness (QED) is 0.290. The molecule has 1 saturated heterocycles. The molecule has 0 N–H and O–H groups in total. The van der Waals surface area contributed by atoms with E-state index in [1.165, 1.54) is 5.56 Å². The molecule has 3 aromatic carbocycles. The Labute approximate surface area is 212 Å². The SMILES string of the molecule is COc1ccccc1C(CCc1cc(C(F)(F)F)cc(C(F)(F)F)c1)N1CCCC(c2ccccc2)C1. The lowest BCUT2D eigenvalue weighted by atomic mass is 9.87. The van der Waals surface area contributed by atoms with E-state index >= 15 is 0 Å². The number of ether oxygens (including phenoxy) is 1. The highest BCUT2D eigenvalue weighted by molar-refractivity contribution is 5.37. The van der Waals surface area contributed by atoms with Crippen molar-refractivity contribution in [2.75, 3.05) is 20.2 Å². The van der Waals surface area contributed by atoms with E-state index in [0.29, 0.717) is 12.2 Å². The maximum atomic E-state index is 13.4. The van der Waals surface area contributed by atoms with Crippen LogP contribution in [0, 0.1) is 0 Å². The van der Waals surface area contributed by atoms with Gasteiger partial charge in [-0.05, 0) is 73.5 Å². The Morgan fingerprint density at radius 2 is 1.49 bits per heavy atom. The molecular weight excluding hydrogens is 492 g/mol. The van der Waals surface area contributed by atoms with Gasteiger partial charge in [0.1, 0.15) is 5.75 Å². The van der Waals surface area contributed by atoms with Gasteiger partial charge in [0.15, 0.2) is 0 Å². The van der Waals surface area contributed by atoms with Gasteiger partial charge in [-0.3, -0.25) is 4.90 Å². The third-order valence-corrected chi connectivity index (χ3v) is 7.02. The Morgan fingerprint density at radius 1 is 0.865 bits per heavy atom. The molecule has 1 heterocycles. The van der Waals surface area contributed by atoms with Gasteiger partial charge in [0.2, 0.25) is 0 Å². The summed E-state index contributed by atoms with van der Waals surface area (Å²) in [7, 11) is 1.56. The molecule has 8 heteroatoms. The highest BCUT2D eigenvalue weighted by Gasteiger charge is 2.37. The monoisotopic (exact) mass is 521 g/mol. The van der Waals surface area contributed by atoms with E-state index in [1.54, 1.807) is 7.11 Å². The van der Waals surface area contributed by atoms with Gasteiger partial charge >= 0.3 is 12.4 Å². The predicted molar refractivity (Wildman–Crippen MR) is 130 cm³/mol. The van der Waals surface area contributed by atoms with Crippen molar-refractivity contribution in [3.63, 3.8) is 0 Å². The number of rotatable bonds is 7. The van der Waals surface area contributed by atoms with Crippen molar-refractivity contribution in [3.05, 3.63) is 101 Å². The van der Waals surface area contributed by atoms with E-state index in [4.69, 9.17) is 4.74 Å². The minimum absolute atomic E-state index is 0.0127. The molecule has 0 radical (unpaired) electrons. The first-order valence-corrected chi connectivity index (χ1v) is 12.3. The molecule has 37 heavy (non-hydrogen) atoms. The summed E-state index contributed by atoms with van der Waals surface area (Å²) in [6.45, 7) is 1.52. The zero-order chi connectivity index (χ0) is 26.6. The van der Waals surface area contributed by atoms with E-state index < -0.39 is 23.5 Å². The molecular formula is C29H29F6NO. The molecule has 0 bridgehead atoms. The molecule has 0 amide bonds. The van der Waals surface area contributed by atoms with Gasteiger partial charge in [-0.25, -0.2) is 0 Å². The Morgan fingerprint density at radius 3 is 2.11 bits per heavy atom. The van der Waals surface area contributed by atoms with Crippen molar-refractivity contribution in [1.29, 1.82) is 0 Å². The van der Waals surface area contributed by atoms with Crippen molar-refractivity contribution < 1.29 is 31.1 Å². The number of hydrogen-bond acceptors (Lipinski definition) is 2. The first-order chi connectivity index (χ1) is 17.6. The van der Waals surface area contributed by atoms with Crippen LogP contribution in [0.2, 0.25) is 0 Å². The fourth-order valence-corrected chi connectivity index (χ4v) is 5.23. The van der Waals surface area contributed by atoms with Gasteiger partial charge in [-0.2, -0.15) is 26.3 Å². The van der Waals surface area contributed by atoms with E-state index in [2.05, 4.69) is 17.0 Å². The Balaban J connectivity index is 1.65. The highest BCUT2D eigenvalue weighted by Crippen LogP contribution is 2.40. The van der Waals surface area contributed by atoms with Crippen LogP contribution in [-0.4, -0.2) is 25.1 Å². The lowest BCUT2D eigenvalue weighted by Gasteiger charge is -2.39.